The van der Waals surface area contributed by atoms with Gasteiger partial charge in [-0.1, -0.05) is 5.16 Å². The first-order valence-corrected chi connectivity index (χ1v) is 7.97. The van der Waals surface area contributed by atoms with Gasteiger partial charge in [-0.25, -0.2) is 4.98 Å². The predicted molar refractivity (Wildman–Crippen MR) is 85.7 cm³/mol. The van der Waals surface area contributed by atoms with Crippen LogP contribution in [0.3, 0.4) is 0 Å². The first-order chi connectivity index (χ1) is 11.6. The first-order valence-electron chi connectivity index (χ1n) is 7.97. The van der Waals surface area contributed by atoms with Gasteiger partial charge in [0.15, 0.2) is 5.82 Å². The summed E-state index contributed by atoms with van der Waals surface area (Å²) in [5.41, 5.74) is 0.476. The van der Waals surface area contributed by atoms with Crippen molar-refractivity contribution < 1.29 is 14.1 Å². The molecular weight excluding hydrogens is 310 g/mol. The molecule has 1 amide bonds. The molecule has 0 aromatic carbocycles. The van der Waals surface area contributed by atoms with E-state index in [9.17, 15) is 4.79 Å². The van der Waals surface area contributed by atoms with E-state index in [0.29, 0.717) is 42.9 Å². The van der Waals surface area contributed by atoms with E-state index >= 15 is 0 Å². The summed E-state index contributed by atoms with van der Waals surface area (Å²) in [5, 5.41) is 3.85. The molecule has 1 aliphatic rings. The lowest BCUT2D eigenvalue weighted by Gasteiger charge is -2.37. The molecule has 0 aliphatic carbocycles. The molecule has 3 rings (SSSR count). The molecule has 2 aromatic heterocycles. The molecule has 0 saturated carbocycles. The van der Waals surface area contributed by atoms with Gasteiger partial charge in [0.25, 0.3) is 5.91 Å². The number of amides is 1. The van der Waals surface area contributed by atoms with Crippen LogP contribution in [0.4, 0.5) is 0 Å². The van der Waals surface area contributed by atoms with Gasteiger partial charge >= 0.3 is 0 Å². The minimum Gasteiger partial charge on any atom is -0.477 e. The van der Waals surface area contributed by atoms with Crippen LogP contribution in [-0.2, 0) is 0 Å². The summed E-state index contributed by atoms with van der Waals surface area (Å²) in [5.74, 6) is 1.39. The van der Waals surface area contributed by atoms with Gasteiger partial charge in [0, 0.05) is 25.8 Å². The van der Waals surface area contributed by atoms with Gasteiger partial charge in [-0.3, -0.25) is 9.69 Å². The molecule has 1 aliphatic heterocycles. The fourth-order valence-electron chi connectivity index (χ4n) is 2.75. The van der Waals surface area contributed by atoms with Crippen molar-refractivity contribution in [2.24, 2.45) is 0 Å². The highest BCUT2D eigenvalue weighted by Crippen LogP contribution is 2.25. The quantitative estimate of drug-likeness (QED) is 0.835. The molecule has 3 heterocycles. The van der Waals surface area contributed by atoms with Gasteiger partial charge in [0.1, 0.15) is 11.6 Å². The van der Waals surface area contributed by atoms with Crippen LogP contribution in [0.1, 0.15) is 35.0 Å². The summed E-state index contributed by atoms with van der Waals surface area (Å²) in [6.07, 6.45) is 1.62. The number of aryl methyl sites for hydroxylation is 1. The van der Waals surface area contributed by atoms with E-state index in [1.54, 1.807) is 30.2 Å². The van der Waals surface area contributed by atoms with Crippen LogP contribution in [0, 0.1) is 6.92 Å². The Hall–Kier alpha value is -2.48. The maximum Gasteiger partial charge on any atom is 0.259 e. The Bertz CT molecular complexity index is 717. The zero-order valence-corrected chi connectivity index (χ0v) is 14.1. The van der Waals surface area contributed by atoms with Crippen LogP contribution in [0.15, 0.2) is 22.9 Å². The van der Waals surface area contributed by atoms with E-state index in [4.69, 9.17) is 9.26 Å². The van der Waals surface area contributed by atoms with Crippen LogP contribution in [0.2, 0.25) is 0 Å². The van der Waals surface area contributed by atoms with Crippen molar-refractivity contribution in [1.29, 1.82) is 0 Å². The number of ether oxygens (including phenoxy) is 1. The van der Waals surface area contributed by atoms with Crippen molar-refractivity contribution in [3.05, 3.63) is 35.6 Å². The number of rotatable bonds is 4. The van der Waals surface area contributed by atoms with Gasteiger partial charge in [-0.15, -0.1) is 0 Å². The lowest BCUT2D eigenvalue weighted by Crippen LogP contribution is -2.49. The predicted octanol–water partition coefficient (Wildman–Crippen LogP) is 1.30. The number of hydrogen-bond acceptors (Lipinski definition) is 7. The van der Waals surface area contributed by atoms with Crippen LogP contribution in [-0.4, -0.2) is 64.1 Å². The summed E-state index contributed by atoms with van der Waals surface area (Å²) in [6.45, 7) is 5.94. The molecule has 1 atom stereocenters. The van der Waals surface area contributed by atoms with Gasteiger partial charge < -0.3 is 14.2 Å². The van der Waals surface area contributed by atoms with E-state index in [1.807, 2.05) is 14.0 Å². The van der Waals surface area contributed by atoms with Crippen molar-refractivity contribution in [2.45, 2.75) is 19.9 Å². The topological polar surface area (TPSA) is 84.6 Å². The average molecular weight is 331 g/mol. The zero-order valence-electron chi connectivity index (χ0n) is 14.1. The molecule has 1 fully saturated rings. The minimum atomic E-state index is -0.115. The Morgan fingerprint density at radius 3 is 3.00 bits per heavy atom. The second kappa shape index (κ2) is 6.96. The standard InChI is InChI=1S/C16H21N5O3/c1-4-23-14-12(6-5-7-17-14)16(22)21-9-8-20(3)13(10-21)15-18-11(2)19-24-15/h5-7,13H,4,8-10H2,1-3H3. The highest BCUT2D eigenvalue weighted by atomic mass is 16.5. The smallest absolute Gasteiger partial charge is 0.259 e. The number of hydrogen-bond donors (Lipinski definition) is 0. The molecule has 8 heteroatoms. The second-order valence-corrected chi connectivity index (χ2v) is 5.72. The van der Waals surface area contributed by atoms with Gasteiger partial charge in [0.05, 0.1) is 6.61 Å². The Morgan fingerprint density at radius 2 is 2.29 bits per heavy atom. The maximum atomic E-state index is 12.9. The molecule has 0 spiro atoms. The number of nitrogens with zero attached hydrogens (tertiary/aromatic N) is 5. The van der Waals surface area contributed by atoms with Crippen LogP contribution in [0.5, 0.6) is 5.88 Å². The Morgan fingerprint density at radius 1 is 1.46 bits per heavy atom. The van der Waals surface area contributed by atoms with Gasteiger partial charge in [0.2, 0.25) is 11.8 Å². The number of carbonyl (C=O) groups excluding carboxylic acids is 1. The monoisotopic (exact) mass is 331 g/mol. The third-order valence-electron chi connectivity index (χ3n) is 4.05. The lowest BCUT2D eigenvalue weighted by molar-refractivity contribution is 0.0485. The normalized spacial score (nSPS) is 18.6. The largest absolute Gasteiger partial charge is 0.477 e. The number of likely N-dealkylation sites (N-methyl/N-ethyl adjacent to an activating group) is 1. The third kappa shape index (κ3) is 3.23. The summed E-state index contributed by atoms with van der Waals surface area (Å²) in [7, 11) is 1.99. The molecular formula is C16H21N5O3. The first kappa shape index (κ1) is 16.4. The Labute approximate surface area is 140 Å². The van der Waals surface area contributed by atoms with E-state index in [2.05, 4.69) is 20.0 Å². The van der Waals surface area contributed by atoms with Gasteiger partial charge in [-0.2, -0.15) is 4.98 Å². The van der Waals surface area contributed by atoms with E-state index < -0.39 is 0 Å². The van der Waals surface area contributed by atoms with Crippen molar-refractivity contribution in [2.75, 3.05) is 33.3 Å². The van der Waals surface area contributed by atoms with E-state index in [-0.39, 0.29) is 11.9 Å². The minimum absolute atomic E-state index is 0.0964. The van der Waals surface area contributed by atoms with Gasteiger partial charge in [-0.05, 0) is 33.0 Å². The lowest BCUT2D eigenvalue weighted by atomic mass is 10.1. The fourth-order valence-corrected chi connectivity index (χ4v) is 2.75. The summed E-state index contributed by atoms with van der Waals surface area (Å²) < 4.78 is 10.8. The number of aromatic nitrogens is 3. The number of carbonyl (C=O) groups is 1. The molecule has 2 aromatic rings. The van der Waals surface area contributed by atoms with Crippen molar-refractivity contribution in [3.63, 3.8) is 0 Å². The molecule has 24 heavy (non-hydrogen) atoms. The summed E-state index contributed by atoms with van der Waals surface area (Å²) in [4.78, 5) is 25.3. The molecule has 128 valence electrons. The third-order valence-corrected chi connectivity index (χ3v) is 4.05. The van der Waals surface area contributed by atoms with Crippen LogP contribution < -0.4 is 4.74 Å². The molecule has 8 nitrogen and oxygen atoms in total. The molecule has 0 radical (unpaired) electrons. The average Bonchev–Trinajstić information content (AvgIpc) is 3.02. The molecule has 1 saturated heterocycles. The highest BCUT2D eigenvalue weighted by Gasteiger charge is 2.33. The number of pyridine rings is 1. The van der Waals surface area contributed by atoms with Crippen molar-refractivity contribution in [1.82, 2.24) is 24.9 Å². The Kier molecular flexibility index (Phi) is 4.75. The van der Waals surface area contributed by atoms with Crippen LogP contribution in [0.25, 0.3) is 0 Å². The molecule has 1 unspecified atom stereocenters. The summed E-state index contributed by atoms with van der Waals surface area (Å²) >= 11 is 0. The van der Waals surface area contributed by atoms with Crippen LogP contribution >= 0.6 is 0 Å². The number of piperazine rings is 1. The second-order valence-electron chi connectivity index (χ2n) is 5.72. The fraction of sp³-hybridized carbons (Fsp3) is 0.500. The van der Waals surface area contributed by atoms with E-state index in [1.165, 1.54) is 0 Å². The Balaban J connectivity index is 1.81. The zero-order chi connectivity index (χ0) is 17.1. The highest BCUT2D eigenvalue weighted by molar-refractivity contribution is 5.96. The van der Waals surface area contributed by atoms with Crippen molar-refractivity contribution in [3.8, 4) is 5.88 Å². The summed E-state index contributed by atoms with van der Waals surface area (Å²) in [6, 6.07) is 3.37. The molecule has 0 N–H and O–H groups in total. The van der Waals surface area contributed by atoms with Crippen molar-refractivity contribution >= 4 is 5.91 Å². The van der Waals surface area contributed by atoms with E-state index in [0.717, 1.165) is 6.54 Å². The maximum absolute atomic E-state index is 12.9. The molecule has 0 bridgehead atoms. The SMILES string of the molecule is CCOc1ncccc1C(=O)N1CCN(C)C(c2nc(C)no2)C1.